The van der Waals surface area contributed by atoms with Crippen molar-refractivity contribution >= 4 is 27.5 Å². The minimum atomic E-state index is -3.36. The second-order valence-electron chi connectivity index (χ2n) is 7.18. The van der Waals surface area contributed by atoms with E-state index in [9.17, 15) is 18.0 Å². The number of fused-ring (bicyclic) bond motifs is 2. The molecule has 7 heteroatoms. The minimum absolute atomic E-state index is 0.0599. The van der Waals surface area contributed by atoms with Gasteiger partial charge in [0, 0.05) is 11.3 Å². The van der Waals surface area contributed by atoms with Gasteiger partial charge in [0.1, 0.15) is 0 Å². The average molecular weight is 365 g/mol. The van der Waals surface area contributed by atoms with E-state index in [-0.39, 0.29) is 17.7 Å². The van der Waals surface area contributed by atoms with Crippen molar-refractivity contribution in [2.24, 2.45) is 17.8 Å². The molecule has 0 amide bonds. The van der Waals surface area contributed by atoms with Crippen LogP contribution in [0, 0.1) is 17.8 Å². The van der Waals surface area contributed by atoms with Crippen LogP contribution in [0.2, 0.25) is 0 Å². The molecule has 2 bridgehead atoms. The topological polar surface area (TPSA) is 89.5 Å². The lowest BCUT2D eigenvalue weighted by Crippen LogP contribution is -2.30. The Labute approximate surface area is 148 Å². The Morgan fingerprint density at radius 1 is 1.16 bits per heavy atom. The summed E-state index contributed by atoms with van der Waals surface area (Å²) in [6, 6.07) is 6.08. The molecule has 0 aliphatic heterocycles. The zero-order chi connectivity index (χ0) is 18.2. The van der Waals surface area contributed by atoms with Crippen molar-refractivity contribution in [3.05, 3.63) is 29.8 Å². The quantitative estimate of drug-likeness (QED) is 0.618. The van der Waals surface area contributed by atoms with Gasteiger partial charge in [0.15, 0.2) is 6.10 Å². The molecule has 4 unspecified atom stereocenters. The third-order valence-corrected chi connectivity index (χ3v) is 5.78. The number of hydrogen-bond donors (Lipinski definition) is 1. The Bertz CT molecular complexity index is 771. The van der Waals surface area contributed by atoms with Gasteiger partial charge in [0.25, 0.3) is 0 Å². The van der Waals surface area contributed by atoms with Crippen molar-refractivity contribution in [2.45, 2.75) is 38.7 Å². The van der Waals surface area contributed by atoms with Gasteiger partial charge in [-0.25, -0.2) is 8.42 Å². The largest absolute Gasteiger partial charge is 0.454 e. The first-order valence-corrected chi connectivity index (χ1v) is 10.4. The maximum Gasteiger partial charge on any atom is 0.309 e. The van der Waals surface area contributed by atoms with Gasteiger partial charge < -0.3 is 4.74 Å². The average Bonchev–Trinajstić information content (AvgIpc) is 3.16. The van der Waals surface area contributed by atoms with Crippen LogP contribution < -0.4 is 4.72 Å². The third kappa shape index (κ3) is 4.21. The number of ether oxygens (including phenoxy) is 1. The number of benzene rings is 1. The van der Waals surface area contributed by atoms with Crippen LogP contribution in [0.1, 0.15) is 43.0 Å². The zero-order valence-electron chi connectivity index (χ0n) is 14.4. The molecule has 2 saturated carbocycles. The molecule has 0 spiro atoms. The molecule has 25 heavy (non-hydrogen) atoms. The maximum absolute atomic E-state index is 12.4. The Hall–Kier alpha value is -1.89. The van der Waals surface area contributed by atoms with Gasteiger partial charge in [0.05, 0.1) is 12.2 Å². The lowest BCUT2D eigenvalue weighted by Gasteiger charge is -2.22. The molecule has 1 aromatic carbocycles. The summed E-state index contributed by atoms with van der Waals surface area (Å²) in [5.74, 6) is 0.450. The van der Waals surface area contributed by atoms with Gasteiger partial charge in [-0.05, 0) is 62.3 Å². The fourth-order valence-corrected chi connectivity index (χ4v) is 4.56. The molecule has 1 N–H and O–H groups in total. The highest BCUT2D eigenvalue weighted by Gasteiger charge is 2.44. The number of rotatable bonds is 6. The van der Waals surface area contributed by atoms with Crippen molar-refractivity contribution in [3.63, 3.8) is 0 Å². The van der Waals surface area contributed by atoms with Gasteiger partial charge in [-0.3, -0.25) is 14.3 Å². The van der Waals surface area contributed by atoms with E-state index in [4.69, 9.17) is 4.74 Å². The molecular weight excluding hydrogens is 342 g/mol. The second-order valence-corrected chi connectivity index (χ2v) is 8.92. The molecule has 2 fully saturated rings. The maximum atomic E-state index is 12.4. The highest BCUT2D eigenvalue weighted by molar-refractivity contribution is 7.92. The van der Waals surface area contributed by atoms with E-state index < -0.39 is 16.1 Å². The first-order valence-electron chi connectivity index (χ1n) is 8.55. The van der Waals surface area contributed by atoms with E-state index in [1.807, 2.05) is 0 Å². The van der Waals surface area contributed by atoms with E-state index in [1.165, 1.54) is 30.7 Å². The van der Waals surface area contributed by atoms with Gasteiger partial charge >= 0.3 is 5.97 Å². The number of carbonyl (C=O) groups is 2. The van der Waals surface area contributed by atoms with E-state index >= 15 is 0 Å². The Kier molecular flexibility index (Phi) is 4.86. The molecule has 136 valence electrons. The fraction of sp³-hybridized carbons (Fsp3) is 0.556. The minimum Gasteiger partial charge on any atom is -0.454 e. The molecule has 0 saturated heterocycles. The number of ketones is 1. The highest BCUT2D eigenvalue weighted by Crippen LogP contribution is 2.48. The molecule has 0 radical (unpaired) electrons. The van der Waals surface area contributed by atoms with Crippen molar-refractivity contribution in [1.29, 1.82) is 0 Å². The van der Waals surface area contributed by atoms with Gasteiger partial charge in [-0.15, -0.1) is 0 Å². The monoisotopic (exact) mass is 365 g/mol. The predicted octanol–water partition coefficient (Wildman–Crippen LogP) is 2.61. The smallest absolute Gasteiger partial charge is 0.309 e. The van der Waals surface area contributed by atoms with Crippen LogP contribution in [0.15, 0.2) is 24.3 Å². The summed E-state index contributed by atoms with van der Waals surface area (Å²) < 4.78 is 30.1. The van der Waals surface area contributed by atoms with Gasteiger partial charge in [0.2, 0.25) is 15.8 Å². The summed E-state index contributed by atoms with van der Waals surface area (Å²) in [6.45, 7) is 1.58. The number of anilines is 1. The molecule has 2 aliphatic carbocycles. The van der Waals surface area contributed by atoms with E-state index in [0.717, 1.165) is 25.5 Å². The van der Waals surface area contributed by atoms with Crippen LogP contribution >= 0.6 is 0 Å². The Balaban J connectivity index is 1.59. The molecule has 4 atom stereocenters. The number of esters is 1. The van der Waals surface area contributed by atoms with Crippen molar-refractivity contribution in [2.75, 3.05) is 11.0 Å². The van der Waals surface area contributed by atoms with E-state index in [2.05, 4.69) is 4.72 Å². The van der Waals surface area contributed by atoms with Crippen LogP contribution in [0.25, 0.3) is 0 Å². The molecular formula is C18H23NO5S. The van der Waals surface area contributed by atoms with Crippen LogP contribution in [0.5, 0.6) is 0 Å². The molecule has 6 nitrogen and oxygen atoms in total. The summed E-state index contributed by atoms with van der Waals surface area (Å²) in [7, 11) is -3.36. The Morgan fingerprint density at radius 3 is 2.36 bits per heavy atom. The van der Waals surface area contributed by atoms with E-state index in [0.29, 0.717) is 23.1 Å². The van der Waals surface area contributed by atoms with Crippen LogP contribution in [-0.2, 0) is 19.6 Å². The lowest BCUT2D eigenvalue weighted by molar-refractivity contribution is -0.153. The molecule has 2 aliphatic rings. The summed E-state index contributed by atoms with van der Waals surface area (Å²) in [5, 5.41) is 0. The van der Waals surface area contributed by atoms with Crippen molar-refractivity contribution < 1.29 is 22.7 Å². The third-order valence-electron chi connectivity index (χ3n) is 5.18. The number of carbonyl (C=O) groups excluding carboxylic acids is 2. The first kappa shape index (κ1) is 17.9. The van der Waals surface area contributed by atoms with Crippen LogP contribution in [0.4, 0.5) is 5.69 Å². The lowest BCUT2D eigenvalue weighted by atomic mass is 9.89. The summed E-state index contributed by atoms with van der Waals surface area (Å²) >= 11 is 0. The summed E-state index contributed by atoms with van der Waals surface area (Å²) in [5.41, 5.74) is 0.762. The number of sulfonamides is 1. The second kappa shape index (κ2) is 6.78. The number of Topliss-reactive ketones (excluding diaryl/α,β-unsaturated/α-hetero) is 1. The molecule has 1 aromatic rings. The standard InChI is InChI=1S/C18H23NO5S/c1-11(24-18(21)16-10-12-3-4-14(16)9-12)17(20)13-5-7-15(8-6-13)19-25(2,22)23/h5-8,11-12,14,16,19H,3-4,9-10H2,1-2H3. The summed E-state index contributed by atoms with van der Waals surface area (Å²) in [6.07, 6.45) is 4.50. The van der Waals surface area contributed by atoms with Crippen LogP contribution in [-0.4, -0.2) is 32.5 Å². The number of hydrogen-bond acceptors (Lipinski definition) is 5. The molecule has 0 aromatic heterocycles. The van der Waals surface area contributed by atoms with E-state index in [1.54, 1.807) is 6.92 Å². The molecule has 3 rings (SSSR count). The van der Waals surface area contributed by atoms with Crippen molar-refractivity contribution in [3.8, 4) is 0 Å². The van der Waals surface area contributed by atoms with Gasteiger partial charge in [-0.1, -0.05) is 6.42 Å². The summed E-state index contributed by atoms with van der Waals surface area (Å²) in [4.78, 5) is 24.8. The first-order chi connectivity index (χ1) is 11.7. The normalized spacial score (nSPS) is 26.2. The van der Waals surface area contributed by atoms with Crippen molar-refractivity contribution in [1.82, 2.24) is 0 Å². The molecule has 0 heterocycles. The Morgan fingerprint density at radius 2 is 1.84 bits per heavy atom. The van der Waals surface area contributed by atoms with Gasteiger partial charge in [-0.2, -0.15) is 0 Å². The SMILES string of the molecule is CC(OC(=O)C1CC2CCC1C2)C(=O)c1ccc(NS(C)(=O)=O)cc1. The van der Waals surface area contributed by atoms with Crippen LogP contribution in [0.3, 0.4) is 0 Å². The number of nitrogens with one attached hydrogen (secondary N) is 1. The highest BCUT2D eigenvalue weighted by atomic mass is 32.2. The fourth-order valence-electron chi connectivity index (χ4n) is 4.00. The predicted molar refractivity (Wildman–Crippen MR) is 93.7 cm³/mol. The zero-order valence-corrected chi connectivity index (χ0v) is 15.2.